The van der Waals surface area contributed by atoms with Crippen LogP contribution in [-0.2, 0) is 0 Å². The Hall–Kier alpha value is -0.250. The lowest BCUT2D eigenvalue weighted by atomic mass is 9.39. The summed E-state index contributed by atoms with van der Waals surface area (Å²) in [4.78, 5) is 0. The van der Waals surface area contributed by atoms with Gasteiger partial charge in [0.05, 0.1) is 11.5 Å². The van der Waals surface area contributed by atoms with E-state index in [2.05, 4.69) is 0 Å². The minimum absolute atomic E-state index is 0.0125. The number of aliphatic hydroxyl groups excluding tert-OH is 1. The summed E-state index contributed by atoms with van der Waals surface area (Å²) < 4.78 is 40.2. The van der Waals surface area contributed by atoms with Gasteiger partial charge in [-0.3, -0.25) is 0 Å². The van der Waals surface area contributed by atoms with Crippen molar-refractivity contribution in [1.82, 2.24) is 0 Å². The molecule has 4 heteroatoms. The Morgan fingerprint density at radius 2 is 1.55 bits per heavy atom. The summed E-state index contributed by atoms with van der Waals surface area (Å²) in [5.74, 6) is 1.03. The van der Waals surface area contributed by atoms with Crippen LogP contribution in [0.2, 0.25) is 0 Å². The maximum absolute atomic E-state index is 13.4. The van der Waals surface area contributed by atoms with E-state index in [4.69, 9.17) is 0 Å². The number of halogens is 3. The molecule has 0 atom stereocenters. The van der Waals surface area contributed by atoms with Gasteiger partial charge in [-0.25, -0.2) is 0 Å². The Kier molecular flexibility index (Phi) is 4.07. The van der Waals surface area contributed by atoms with E-state index >= 15 is 0 Å². The molecule has 0 aliphatic heterocycles. The minimum atomic E-state index is -4.04. The third-order valence-electron chi connectivity index (χ3n) is 6.98. The Morgan fingerprint density at radius 1 is 1.00 bits per heavy atom. The van der Waals surface area contributed by atoms with E-state index in [1.165, 1.54) is 6.42 Å². The molecule has 0 aromatic heterocycles. The molecule has 3 aliphatic carbocycles. The highest BCUT2D eigenvalue weighted by molar-refractivity contribution is 5.13. The third kappa shape index (κ3) is 2.70. The van der Waals surface area contributed by atoms with Gasteiger partial charge >= 0.3 is 6.18 Å². The second-order valence-corrected chi connectivity index (χ2v) is 8.85. The molecule has 0 aromatic carbocycles. The molecule has 0 aromatic rings. The van der Waals surface area contributed by atoms with Crippen LogP contribution in [0.5, 0.6) is 0 Å². The van der Waals surface area contributed by atoms with Crippen molar-refractivity contribution in [1.29, 1.82) is 0 Å². The van der Waals surface area contributed by atoms with Crippen molar-refractivity contribution in [2.24, 2.45) is 28.6 Å². The molecule has 1 N–H and O–H groups in total. The van der Waals surface area contributed by atoms with E-state index in [9.17, 15) is 18.3 Å². The lowest BCUT2D eigenvalue weighted by molar-refractivity contribution is -0.316. The molecular formula is C18H29F3O. The van der Waals surface area contributed by atoms with Crippen molar-refractivity contribution in [3.63, 3.8) is 0 Å². The summed E-state index contributed by atoms with van der Waals surface area (Å²) in [5, 5.41) is 9.54. The summed E-state index contributed by atoms with van der Waals surface area (Å²) in [7, 11) is 0. The van der Waals surface area contributed by atoms with Crippen LogP contribution in [0.1, 0.15) is 71.6 Å². The van der Waals surface area contributed by atoms with Gasteiger partial charge < -0.3 is 5.11 Å². The molecule has 3 aliphatic rings. The zero-order valence-corrected chi connectivity index (χ0v) is 13.8. The van der Waals surface area contributed by atoms with E-state index in [1.54, 1.807) is 13.8 Å². The van der Waals surface area contributed by atoms with Crippen molar-refractivity contribution >= 4 is 0 Å². The molecule has 0 saturated heterocycles. The maximum atomic E-state index is 13.4. The van der Waals surface area contributed by atoms with Crippen LogP contribution in [0.15, 0.2) is 0 Å². The number of alkyl halides is 3. The first-order valence-electron chi connectivity index (χ1n) is 8.91. The molecule has 1 nitrogen and oxygen atoms in total. The first kappa shape index (κ1) is 16.6. The standard InChI is InChI=1S/C18H29F3O/c1-12(2)17(18(19,20)21)10-16(11-17)8-14(9-16)7-13-3-5-15(22)6-4-13/h12-15,22H,3-11H2,1-2H3. The van der Waals surface area contributed by atoms with Crippen molar-refractivity contribution in [2.45, 2.75) is 83.9 Å². The molecule has 1 spiro atoms. The number of hydrogen-bond donors (Lipinski definition) is 1. The summed E-state index contributed by atoms with van der Waals surface area (Å²) in [6.45, 7) is 3.45. The summed E-state index contributed by atoms with van der Waals surface area (Å²) in [6, 6.07) is 0. The van der Waals surface area contributed by atoms with Crippen molar-refractivity contribution < 1.29 is 18.3 Å². The molecule has 0 bridgehead atoms. The Bertz CT molecular complexity index is 393. The molecule has 128 valence electrons. The number of rotatable bonds is 3. The van der Waals surface area contributed by atoms with Gasteiger partial charge in [-0.05, 0) is 81.0 Å². The van der Waals surface area contributed by atoms with E-state index in [0.29, 0.717) is 24.7 Å². The van der Waals surface area contributed by atoms with Crippen LogP contribution in [0.3, 0.4) is 0 Å². The smallest absolute Gasteiger partial charge is 0.393 e. The monoisotopic (exact) mass is 318 g/mol. The average molecular weight is 318 g/mol. The summed E-state index contributed by atoms with van der Waals surface area (Å²) in [5.41, 5.74) is -1.40. The Labute approximate surface area is 131 Å². The molecular weight excluding hydrogens is 289 g/mol. The fourth-order valence-electron chi connectivity index (χ4n) is 5.69. The van der Waals surface area contributed by atoms with Crippen LogP contribution in [0.4, 0.5) is 13.2 Å². The fourth-order valence-corrected chi connectivity index (χ4v) is 5.69. The zero-order valence-electron chi connectivity index (χ0n) is 13.8. The first-order chi connectivity index (χ1) is 10.2. The highest BCUT2D eigenvalue weighted by Gasteiger charge is 2.70. The Morgan fingerprint density at radius 3 is 2.00 bits per heavy atom. The van der Waals surface area contributed by atoms with Gasteiger partial charge in [0.2, 0.25) is 0 Å². The second kappa shape index (κ2) is 5.39. The maximum Gasteiger partial charge on any atom is 0.394 e. The lowest BCUT2D eigenvalue weighted by Crippen LogP contribution is -2.61. The third-order valence-corrected chi connectivity index (χ3v) is 6.98. The highest BCUT2D eigenvalue weighted by Crippen LogP contribution is 2.73. The molecule has 0 radical (unpaired) electrons. The summed E-state index contributed by atoms with van der Waals surface area (Å²) in [6.07, 6.45) is 3.78. The number of hydrogen-bond acceptors (Lipinski definition) is 1. The van der Waals surface area contributed by atoms with Gasteiger partial charge in [0.15, 0.2) is 0 Å². The van der Waals surface area contributed by atoms with E-state index in [0.717, 1.165) is 38.5 Å². The number of aliphatic hydroxyl groups is 1. The van der Waals surface area contributed by atoms with E-state index in [-0.39, 0.29) is 17.4 Å². The lowest BCUT2D eigenvalue weighted by Gasteiger charge is -2.65. The molecule has 3 saturated carbocycles. The van der Waals surface area contributed by atoms with Gasteiger partial charge in [-0.1, -0.05) is 13.8 Å². The van der Waals surface area contributed by atoms with Gasteiger partial charge in [-0.2, -0.15) is 13.2 Å². The predicted molar refractivity (Wildman–Crippen MR) is 80.3 cm³/mol. The van der Waals surface area contributed by atoms with Gasteiger partial charge in [0, 0.05) is 0 Å². The first-order valence-corrected chi connectivity index (χ1v) is 8.91. The van der Waals surface area contributed by atoms with Crippen LogP contribution in [0.25, 0.3) is 0 Å². The predicted octanol–water partition coefficient (Wildman–Crippen LogP) is 5.32. The van der Waals surface area contributed by atoms with E-state index in [1.807, 2.05) is 0 Å². The van der Waals surface area contributed by atoms with Crippen LogP contribution >= 0.6 is 0 Å². The van der Waals surface area contributed by atoms with Gasteiger partial charge in [0.1, 0.15) is 0 Å². The largest absolute Gasteiger partial charge is 0.394 e. The second-order valence-electron chi connectivity index (χ2n) is 8.85. The van der Waals surface area contributed by atoms with E-state index < -0.39 is 11.6 Å². The molecule has 0 amide bonds. The molecule has 3 fully saturated rings. The van der Waals surface area contributed by atoms with Crippen molar-refractivity contribution in [3.05, 3.63) is 0 Å². The van der Waals surface area contributed by atoms with Crippen molar-refractivity contribution in [3.8, 4) is 0 Å². The van der Waals surface area contributed by atoms with Crippen LogP contribution < -0.4 is 0 Å². The molecule has 3 rings (SSSR count). The molecule has 0 heterocycles. The molecule has 22 heavy (non-hydrogen) atoms. The fraction of sp³-hybridized carbons (Fsp3) is 1.00. The zero-order chi connectivity index (χ0) is 16.2. The van der Waals surface area contributed by atoms with Crippen molar-refractivity contribution in [2.75, 3.05) is 0 Å². The minimum Gasteiger partial charge on any atom is -0.393 e. The van der Waals surface area contributed by atoms with Crippen LogP contribution in [0, 0.1) is 28.6 Å². The molecule has 0 unspecified atom stereocenters. The average Bonchev–Trinajstić information content (AvgIpc) is 2.30. The van der Waals surface area contributed by atoms with Crippen LogP contribution in [-0.4, -0.2) is 17.4 Å². The van der Waals surface area contributed by atoms with Gasteiger partial charge in [-0.15, -0.1) is 0 Å². The topological polar surface area (TPSA) is 20.2 Å². The Balaban J connectivity index is 1.48. The SMILES string of the molecule is CC(C)C1(C(F)(F)F)CC2(CC(CC3CCC(O)CC3)C2)C1. The summed E-state index contributed by atoms with van der Waals surface area (Å²) >= 11 is 0. The highest BCUT2D eigenvalue weighted by atomic mass is 19.4. The van der Waals surface area contributed by atoms with Gasteiger partial charge in [0.25, 0.3) is 0 Å². The normalized spacial score (nSPS) is 45.7. The quantitative estimate of drug-likeness (QED) is 0.746.